The van der Waals surface area contributed by atoms with Crippen molar-refractivity contribution in [2.45, 2.75) is 11.8 Å². The number of phenols is 1. The largest absolute Gasteiger partial charge is 0.507 e. The third-order valence-electron chi connectivity index (χ3n) is 6.44. The van der Waals surface area contributed by atoms with Gasteiger partial charge in [-0.3, -0.25) is 4.55 Å². The van der Waals surface area contributed by atoms with Gasteiger partial charge in [-0.2, -0.15) is 23.8 Å². The third kappa shape index (κ3) is 5.84. The molecule has 12 heteroatoms. The van der Waals surface area contributed by atoms with E-state index in [4.69, 9.17) is 5.73 Å². The van der Waals surface area contributed by atoms with Crippen LogP contribution in [-0.4, -0.2) is 29.2 Å². The van der Waals surface area contributed by atoms with Gasteiger partial charge in [-0.1, -0.05) is 48.5 Å². The summed E-state index contributed by atoms with van der Waals surface area (Å²) < 4.78 is 33.6. The Labute approximate surface area is 240 Å². The van der Waals surface area contributed by atoms with Crippen molar-refractivity contribution in [3.05, 3.63) is 102 Å². The molecule has 0 atom stereocenters. The number of fused-ring (bicyclic) bond motifs is 1. The van der Waals surface area contributed by atoms with Crippen LogP contribution in [0, 0.1) is 6.92 Å². The van der Waals surface area contributed by atoms with Crippen molar-refractivity contribution in [3.8, 4) is 16.9 Å². The molecule has 0 unspecified atom stereocenters. The minimum absolute atomic E-state index is 0.108. The van der Waals surface area contributed by atoms with Gasteiger partial charge < -0.3 is 15.9 Å². The van der Waals surface area contributed by atoms with E-state index < -0.39 is 16.1 Å². The molecule has 0 aliphatic rings. The van der Waals surface area contributed by atoms with Crippen molar-refractivity contribution in [2.24, 2.45) is 20.5 Å². The quantitative estimate of drug-likeness (QED) is 0.0854. The van der Waals surface area contributed by atoms with E-state index >= 15 is 0 Å². The number of aromatic hydroxyl groups is 1. The van der Waals surface area contributed by atoms with E-state index in [0.717, 1.165) is 11.1 Å². The van der Waals surface area contributed by atoms with Gasteiger partial charge in [0.05, 0.1) is 22.7 Å². The fourth-order valence-corrected chi connectivity index (χ4v) is 5.01. The summed E-state index contributed by atoms with van der Waals surface area (Å²) in [6.07, 6.45) is 0. The first-order valence-corrected chi connectivity index (χ1v) is 13.8. The molecule has 0 heterocycles. The molecule has 11 nitrogen and oxygen atoms in total. The number of hydrogen-bond acceptors (Lipinski definition) is 9. The van der Waals surface area contributed by atoms with Crippen molar-refractivity contribution >= 4 is 55.3 Å². The van der Waals surface area contributed by atoms with Gasteiger partial charge in [-0.05, 0) is 66.1 Å². The van der Waals surface area contributed by atoms with E-state index in [1.165, 1.54) is 12.1 Å². The number of carboxylic acids is 1. The first-order chi connectivity index (χ1) is 20.0. The standard InChI is InChI=1S/C30H23N5O6S/c1-17-14-22(15-25(29(17)36)30(37)38)34-32-20-10-6-18(7-11-20)19-8-12-21(13-9-19)33-35-26-16-27(42(39,40)41)23-4-2-3-5-24(23)28(26)31/h2-16,36H,31H2,1H3,(H,37,38)(H,39,40,41). The Hall–Kier alpha value is -5.46. The van der Waals surface area contributed by atoms with Crippen LogP contribution in [0.2, 0.25) is 0 Å². The van der Waals surface area contributed by atoms with Crippen molar-refractivity contribution in [2.75, 3.05) is 5.73 Å². The molecule has 0 aromatic heterocycles. The van der Waals surface area contributed by atoms with Crippen LogP contribution in [0.4, 0.5) is 28.4 Å². The number of nitrogens with zero attached hydrogens (tertiary/aromatic N) is 4. The molecular weight excluding hydrogens is 558 g/mol. The number of aryl methyl sites for hydroxylation is 1. The normalized spacial score (nSPS) is 12.0. The van der Waals surface area contributed by atoms with Crippen LogP contribution in [-0.2, 0) is 10.1 Å². The highest BCUT2D eigenvalue weighted by Gasteiger charge is 2.18. The molecule has 0 aliphatic heterocycles. The first kappa shape index (κ1) is 28.1. The number of hydrogen-bond donors (Lipinski definition) is 4. The maximum Gasteiger partial charge on any atom is 0.339 e. The number of carboxylic acid groups (broad SMARTS) is 1. The van der Waals surface area contributed by atoms with E-state index in [-0.39, 0.29) is 33.0 Å². The molecule has 0 bridgehead atoms. The van der Waals surface area contributed by atoms with Gasteiger partial charge in [0.15, 0.2) is 0 Å². The number of carbonyl (C=O) groups is 1. The van der Waals surface area contributed by atoms with E-state index in [2.05, 4.69) is 20.5 Å². The van der Waals surface area contributed by atoms with Crippen molar-refractivity contribution < 1.29 is 28.0 Å². The van der Waals surface area contributed by atoms with E-state index in [9.17, 15) is 28.0 Å². The fraction of sp³-hybridized carbons (Fsp3) is 0.0333. The molecule has 0 saturated heterocycles. The zero-order valence-electron chi connectivity index (χ0n) is 22.0. The minimum Gasteiger partial charge on any atom is -0.507 e. The zero-order valence-corrected chi connectivity index (χ0v) is 22.8. The van der Waals surface area contributed by atoms with Gasteiger partial charge in [-0.25, -0.2) is 4.79 Å². The summed E-state index contributed by atoms with van der Waals surface area (Å²) in [6, 6.07) is 24.9. The predicted molar refractivity (Wildman–Crippen MR) is 158 cm³/mol. The van der Waals surface area contributed by atoms with Gasteiger partial charge in [-0.15, -0.1) is 5.11 Å². The molecular formula is C30H23N5O6S. The number of aromatic carboxylic acids is 1. The third-order valence-corrected chi connectivity index (χ3v) is 7.34. The summed E-state index contributed by atoms with van der Waals surface area (Å²) in [5.74, 6) is -1.56. The average molecular weight is 582 g/mol. The van der Waals surface area contributed by atoms with E-state index in [1.807, 2.05) is 24.3 Å². The molecule has 5 aromatic rings. The second-order valence-corrected chi connectivity index (χ2v) is 10.7. The molecule has 5 aromatic carbocycles. The molecule has 0 aliphatic carbocycles. The van der Waals surface area contributed by atoms with Crippen LogP contribution >= 0.6 is 0 Å². The van der Waals surface area contributed by atoms with Gasteiger partial charge in [0.1, 0.15) is 21.9 Å². The Bertz CT molecular complexity index is 2010. The van der Waals surface area contributed by atoms with E-state index in [0.29, 0.717) is 28.0 Å². The summed E-state index contributed by atoms with van der Waals surface area (Å²) in [5, 5.41) is 36.4. The number of nitrogen functional groups attached to an aromatic ring is 1. The smallest absolute Gasteiger partial charge is 0.339 e. The highest BCUT2D eigenvalue weighted by molar-refractivity contribution is 7.86. The molecule has 42 heavy (non-hydrogen) atoms. The summed E-state index contributed by atoms with van der Waals surface area (Å²) >= 11 is 0. The highest BCUT2D eigenvalue weighted by Crippen LogP contribution is 2.37. The molecule has 0 saturated carbocycles. The van der Waals surface area contributed by atoms with Gasteiger partial charge in [0, 0.05) is 10.8 Å². The molecule has 210 valence electrons. The maximum atomic E-state index is 11.9. The number of nitrogens with two attached hydrogens (primary N) is 1. The Morgan fingerprint density at radius 1 is 0.738 bits per heavy atom. The maximum absolute atomic E-state index is 11.9. The number of benzene rings is 5. The average Bonchev–Trinajstić information content (AvgIpc) is 2.97. The van der Waals surface area contributed by atoms with Gasteiger partial charge >= 0.3 is 5.97 Å². The van der Waals surface area contributed by atoms with Crippen LogP contribution < -0.4 is 5.73 Å². The molecule has 0 amide bonds. The van der Waals surface area contributed by atoms with Gasteiger partial charge in [0.2, 0.25) is 0 Å². The molecule has 0 radical (unpaired) electrons. The van der Waals surface area contributed by atoms with Crippen LogP contribution in [0.3, 0.4) is 0 Å². The summed E-state index contributed by atoms with van der Waals surface area (Å²) in [4.78, 5) is 11.0. The zero-order chi connectivity index (χ0) is 30.0. The number of anilines is 1. The Morgan fingerprint density at radius 2 is 1.26 bits per heavy atom. The second-order valence-electron chi connectivity index (χ2n) is 9.29. The lowest BCUT2D eigenvalue weighted by molar-refractivity contribution is 0.0693. The number of azo groups is 2. The van der Waals surface area contributed by atoms with E-state index in [1.54, 1.807) is 61.5 Å². The predicted octanol–water partition coefficient (Wildman–Crippen LogP) is 7.88. The fourth-order valence-electron chi connectivity index (χ4n) is 4.30. The Kier molecular flexibility index (Phi) is 7.49. The lowest BCUT2D eigenvalue weighted by Crippen LogP contribution is -2.01. The van der Waals surface area contributed by atoms with Gasteiger partial charge in [0.25, 0.3) is 10.1 Å². The Balaban J connectivity index is 1.34. The van der Waals surface area contributed by atoms with Crippen LogP contribution in [0.15, 0.2) is 116 Å². The molecule has 5 rings (SSSR count). The lowest BCUT2D eigenvalue weighted by Gasteiger charge is -2.09. The minimum atomic E-state index is -4.52. The topological polar surface area (TPSA) is 187 Å². The lowest BCUT2D eigenvalue weighted by atomic mass is 10.1. The number of rotatable bonds is 7. The Morgan fingerprint density at radius 3 is 1.81 bits per heavy atom. The van der Waals surface area contributed by atoms with Crippen molar-refractivity contribution in [3.63, 3.8) is 0 Å². The highest BCUT2D eigenvalue weighted by atomic mass is 32.2. The van der Waals surface area contributed by atoms with Crippen molar-refractivity contribution in [1.82, 2.24) is 0 Å². The first-order valence-electron chi connectivity index (χ1n) is 12.4. The molecule has 0 spiro atoms. The molecule has 0 fully saturated rings. The second kappa shape index (κ2) is 11.2. The van der Waals surface area contributed by atoms with Crippen molar-refractivity contribution in [1.29, 1.82) is 0 Å². The van der Waals surface area contributed by atoms with Crippen LogP contribution in [0.1, 0.15) is 15.9 Å². The summed E-state index contributed by atoms with van der Waals surface area (Å²) in [5.41, 5.74) is 9.81. The molecule has 5 N–H and O–H groups in total. The SMILES string of the molecule is Cc1cc(N=Nc2ccc(-c3ccc(N=Nc4cc(S(=O)(=O)O)c5ccccc5c4N)cc3)cc2)cc(C(=O)O)c1O. The monoisotopic (exact) mass is 581 g/mol. The van der Waals surface area contributed by atoms with Crippen LogP contribution in [0.5, 0.6) is 5.75 Å². The summed E-state index contributed by atoms with van der Waals surface area (Å²) in [6.45, 7) is 1.58. The summed E-state index contributed by atoms with van der Waals surface area (Å²) in [7, 11) is -4.52. The van der Waals surface area contributed by atoms with Crippen LogP contribution in [0.25, 0.3) is 21.9 Å².